The number of nitrogens with zero attached hydrogens (tertiary/aromatic N) is 3. The van der Waals surface area contributed by atoms with Gasteiger partial charge in [0.15, 0.2) is 11.5 Å². The van der Waals surface area contributed by atoms with E-state index in [1.165, 1.54) is 31.5 Å². The molecule has 1 fully saturated rings. The molecular formula is C26H29N5O3. The van der Waals surface area contributed by atoms with Crippen molar-refractivity contribution in [3.05, 3.63) is 53.7 Å². The lowest BCUT2D eigenvalue weighted by Crippen LogP contribution is -2.22. The number of carbonyl (C=O) groups excluding carboxylic acids is 1. The van der Waals surface area contributed by atoms with E-state index < -0.39 is 0 Å². The van der Waals surface area contributed by atoms with E-state index >= 15 is 0 Å². The Bertz CT molecular complexity index is 1210. The van der Waals surface area contributed by atoms with E-state index in [2.05, 4.69) is 38.7 Å². The fourth-order valence-corrected chi connectivity index (χ4v) is 4.59. The summed E-state index contributed by atoms with van der Waals surface area (Å²) < 4.78 is 10.7. The van der Waals surface area contributed by atoms with Crippen LogP contribution in [0.25, 0.3) is 11.3 Å². The molecule has 0 radical (unpaired) electrons. The number of hydrogen-bond donors (Lipinski definition) is 2. The minimum absolute atomic E-state index is 0.0547. The third kappa shape index (κ3) is 4.68. The van der Waals surface area contributed by atoms with Crippen LogP contribution in [-0.4, -0.2) is 54.6 Å². The number of hydrogen-bond acceptors (Lipinski definition) is 7. The largest absolute Gasteiger partial charge is 0.493 e. The first-order chi connectivity index (χ1) is 16.6. The molecule has 2 aromatic carbocycles. The zero-order chi connectivity index (χ0) is 23.5. The van der Waals surface area contributed by atoms with Gasteiger partial charge in [-0.1, -0.05) is 12.1 Å². The first-order valence-electron chi connectivity index (χ1n) is 11.6. The Morgan fingerprint density at radius 2 is 1.88 bits per heavy atom. The van der Waals surface area contributed by atoms with Crippen LogP contribution in [0.3, 0.4) is 0 Å². The topological polar surface area (TPSA) is 88.6 Å². The molecule has 2 aliphatic heterocycles. The quantitative estimate of drug-likeness (QED) is 0.551. The highest BCUT2D eigenvalue weighted by Crippen LogP contribution is 2.35. The zero-order valence-electron chi connectivity index (χ0n) is 19.6. The molecule has 1 amide bonds. The summed E-state index contributed by atoms with van der Waals surface area (Å²) in [7, 11) is 3.20. The summed E-state index contributed by atoms with van der Waals surface area (Å²) in [5.74, 6) is 1.66. The van der Waals surface area contributed by atoms with Crippen LogP contribution >= 0.6 is 0 Å². The summed E-state index contributed by atoms with van der Waals surface area (Å²) >= 11 is 0. The minimum atomic E-state index is -0.0547. The molecule has 8 heteroatoms. The summed E-state index contributed by atoms with van der Waals surface area (Å²) in [6, 6.07) is 11.8. The van der Waals surface area contributed by atoms with Crippen LogP contribution in [0.2, 0.25) is 0 Å². The van der Waals surface area contributed by atoms with Crippen molar-refractivity contribution in [2.45, 2.75) is 25.7 Å². The third-order valence-corrected chi connectivity index (χ3v) is 6.38. The molecule has 0 unspecified atom stereocenters. The maximum Gasteiger partial charge on any atom is 0.228 e. The van der Waals surface area contributed by atoms with Gasteiger partial charge in [-0.25, -0.2) is 9.97 Å². The summed E-state index contributed by atoms with van der Waals surface area (Å²) in [5, 5.41) is 6.30. The van der Waals surface area contributed by atoms with Gasteiger partial charge in [0, 0.05) is 35.6 Å². The van der Waals surface area contributed by atoms with Gasteiger partial charge in [0.1, 0.15) is 0 Å². The third-order valence-electron chi connectivity index (χ3n) is 6.38. The summed E-state index contributed by atoms with van der Waals surface area (Å²) in [5.41, 5.74) is 5.27. The number of nitrogens with one attached hydrogen (secondary N) is 2. The molecule has 0 saturated carbocycles. The lowest BCUT2D eigenvalue weighted by molar-refractivity contribution is -0.115. The van der Waals surface area contributed by atoms with Crippen molar-refractivity contribution in [3.63, 3.8) is 0 Å². The van der Waals surface area contributed by atoms with Crippen LogP contribution < -0.4 is 20.1 Å². The van der Waals surface area contributed by atoms with Gasteiger partial charge < -0.3 is 25.0 Å². The number of benzene rings is 2. The summed E-state index contributed by atoms with van der Waals surface area (Å²) in [4.78, 5) is 24.3. The van der Waals surface area contributed by atoms with Gasteiger partial charge in [0.25, 0.3) is 0 Å². The molecular weight excluding hydrogens is 430 g/mol. The molecule has 2 N–H and O–H groups in total. The number of likely N-dealkylation sites (tertiary alicyclic amines) is 1. The fraction of sp³-hybridized carbons (Fsp3) is 0.346. The molecule has 0 aliphatic carbocycles. The fourth-order valence-electron chi connectivity index (χ4n) is 4.59. The van der Waals surface area contributed by atoms with E-state index in [0.717, 1.165) is 41.2 Å². The van der Waals surface area contributed by atoms with Crippen molar-refractivity contribution in [3.8, 4) is 22.8 Å². The van der Waals surface area contributed by atoms with E-state index in [1.807, 2.05) is 18.2 Å². The highest BCUT2D eigenvalue weighted by atomic mass is 16.5. The second-order valence-electron chi connectivity index (χ2n) is 8.67. The predicted molar refractivity (Wildman–Crippen MR) is 132 cm³/mol. The molecule has 2 aliphatic rings. The Morgan fingerprint density at radius 1 is 1.06 bits per heavy atom. The zero-order valence-corrected chi connectivity index (χ0v) is 19.6. The maximum atomic E-state index is 12.6. The smallest absolute Gasteiger partial charge is 0.228 e. The molecule has 34 heavy (non-hydrogen) atoms. The molecule has 0 bridgehead atoms. The predicted octanol–water partition coefficient (Wildman–Crippen LogP) is 4.04. The minimum Gasteiger partial charge on any atom is -0.493 e. The highest BCUT2D eigenvalue weighted by molar-refractivity contribution is 6.00. The average molecular weight is 460 g/mol. The Kier molecular flexibility index (Phi) is 6.31. The maximum absolute atomic E-state index is 12.6. The molecule has 1 saturated heterocycles. The number of fused-ring (bicyclic) bond motifs is 3. The van der Waals surface area contributed by atoms with Crippen molar-refractivity contribution in [2.75, 3.05) is 44.5 Å². The SMILES string of the molecule is COc1ccc(Nc2ncc3c(n2)-c2ccc(CCN4CCCC4)cc2NC(=O)C3)cc1OC. The molecule has 5 rings (SSSR count). The molecule has 3 heterocycles. The van der Waals surface area contributed by atoms with E-state index in [1.54, 1.807) is 20.4 Å². The number of methoxy groups -OCH3 is 2. The van der Waals surface area contributed by atoms with Crippen LogP contribution in [0.15, 0.2) is 42.6 Å². The van der Waals surface area contributed by atoms with Gasteiger partial charge in [0.2, 0.25) is 11.9 Å². The summed E-state index contributed by atoms with van der Waals surface area (Å²) in [6.07, 6.45) is 5.50. The van der Waals surface area contributed by atoms with Crippen LogP contribution in [0.5, 0.6) is 11.5 Å². The van der Waals surface area contributed by atoms with Crippen molar-refractivity contribution < 1.29 is 14.3 Å². The lowest BCUT2D eigenvalue weighted by atomic mass is 10.0. The Hall–Kier alpha value is -3.65. The molecule has 8 nitrogen and oxygen atoms in total. The van der Waals surface area contributed by atoms with Gasteiger partial charge in [-0.3, -0.25) is 4.79 Å². The molecule has 1 aromatic heterocycles. The van der Waals surface area contributed by atoms with E-state index in [4.69, 9.17) is 14.5 Å². The van der Waals surface area contributed by atoms with Gasteiger partial charge in [-0.05, 0) is 56.1 Å². The Balaban J connectivity index is 1.42. The Labute approximate surface area is 199 Å². The van der Waals surface area contributed by atoms with Crippen LogP contribution in [0.4, 0.5) is 17.3 Å². The van der Waals surface area contributed by atoms with Crippen LogP contribution in [0, 0.1) is 0 Å². The second-order valence-corrected chi connectivity index (χ2v) is 8.67. The van der Waals surface area contributed by atoms with Crippen molar-refractivity contribution >= 4 is 23.2 Å². The number of aromatic nitrogens is 2. The molecule has 0 atom stereocenters. The Morgan fingerprint density at radius 3 is 2.68 bits per heavy atom. The van der Waals surface area contributed by atoms with E-state index in [9.17, 15) is 4.79 Å². The lowest BCUT2D eigenvalue weighted by Gasteiger charge is -2.16. The number of rotatable bonds is 7. The highest BCUT2D eigenvalue weighted by Gasteiger charge is 2.22. The van der Waals surface area contributed by atoms with E-state index in [0.29, 0.717) is 17.4 Å². The number of amides is 1. The van der Waals surface area contributed by atoms with Gasteiger partial charge >= 0.3 is 0 Å². The first-order valence-corrected chi connectivity index (χ1v) is 11.6. The van der Waals surface area contributed by atoms with Gasteiger partial charge in [-0.15, -0.1) is 0 Å². The van der Waals surface area contributed by atoms with Crippen molar-refractivity contribution in [2.24, 2.45) is 0 Å². The second kappa shape index (κ2) is 9.69. The van der Waals surface area contributed by atoms with Crippen LogP contribution in [-0.2, 0) is 17.6 Å². The van der Waals surface area contributed by atoms with Crippen molar-refractivity contribution in [1.29, 1.82) is 0 Å². The van der Waals surface area contributed by atoms with Gasteiger partial charge in [-0.2, -0.15) is 0 Å². The monoisotopic (exact) mass is 459 g/mol. The van der Waals surface area contributed by atoms with Crippen LogP contribution in [0.1, 0.15) is 24.0 Å². The van der Waals surface area contributed by atoms with Gasteiger partial charge in [0.05, 0.1) is 32.0 Å². The standard InChI is InChI=1S/C26H29N5O3/c1-33-22-8-6-19(15-23(22)34-2)28-26-27-16-18-14-24(32)29-21-13-17(5-7-20(21)25(18)30-26)9-12-31-10-3-4-11-31/h5-8,13,15-16H,3-4,9-12,14H2,1-2H3,(H,29,32)(H,27,28,30). The molecule has 0 spiro atoms. The molecule has 176 valence electrons. The number of ether oxygens (including phenoxy) is 2. The number of carbonyl (C=O) groups is 1. The summed E-state index contributed by atoms with van der Waals surface area (Å²) in [6.45, 7) is 3.41. The van der Waals surface area contributed by atoms with Crippen molar-refractivity contribution in [1.82, 2.24) is 14.9 Å². The average Bonchev–Trinajstić information content (AvgIpc) is 3.33. The molecule has 3 aromatic rings. The normalized spacial score (nSPS) is 15.2. The van der Waals surface area contributed by atoms with E-state index in [-0.39, 0.29) is 12.3 Å². The first kappa shape index (κ1) is 22.2. The number of anilines is 3.